The first kappa shape index (κ1) is 18.2. The fourth-order valence-electron chi connectivity index (χ4n) is 2.77. The van der Waals surface area contributed by atoms with Crippen molar-refractivity contribution in [1.82, 2.24) is 0 Å². The molecule has 5 heteroatoms. The van der Waals surface area contributed by atoms with E-state index in [0.717, 1.165) is 21.2 Å². The minimum Gasteiger partial charge on any atom is -0.488 e. The van der Waals surface area contributed by atoms with Gasteiger partial charge in [-0.3, -0.25) is 0 Å². The third-order valence-electron chi connectivity index (χ3n) is 4.14. The lowest BCUT2D eigenvalue weighted by Gasteiger charge is -2.09. The Kier molecular flexibility index (Phi) is 5.35. The van der Waals surface area contributed by atoms with Gasteiger partial charge in [0.05, 0.1) is 0 Å². The molecule has 0 bridgehead atoms. The summed E-state index contributed by atoms with van der Waals surface area (Å²) in [6, 6.07) is 24.9. The number of hydrogen-bond acceptors (Lipinski definition) is 4. The topological polar surface area (TPSA) is 47.9 Å². The number of hydrogen-bond donors (Lipinski definition) is 0. The first-order valence-corrected chi connectivity index (χ1v) is 9.52. The molecule has 1 aliphatic rings. The number of para-hydroxylation sites is 1. The first-order valence-electron chi connectivity index (χ1n) is 8.73. The van der Waals surface area contributed by atoms with Gasteiger partial charge in [0.15, 0.2) is 5.70 Å². The summed E-state index contributed by atoms with van der Waals surface area (Å²) in [5.74, 6) is 0.492. The summed E-state index contributed by atoms with van der Waals surface area (Å²) in [6.07, 6.45) is 1.69. The van der Waals surface area contributed by atoms with E-state index in [1.807, 2.05) is 78.9 Å². The zero-order valence-corrected chi connectivity index (χ0v) is 16.4. The number of ether oxygens (including phenoxy) is 2. The van der Waals surface area contributed by atoms with Crippen LogP contribution in [-0.2, 0) is 16.1 Å². The predicted molar refractivity (Wildman–Crippen MR) is 112 cm³/mol. The van der Waals surface area contributed by atoms with Crippen LogP contribution < -0.4 is 4.74 Å². The van der Waals surface area contributed by atoms with Crippen LogP contribution in [0.25, 0.3) is 6.08 Å². The summed E-state index contributed by atoms with van der Waals surface area (Å²) in [5.41, 5.74) is 2.82. The highest BCUT2D eigenvalue weighted by atomic mass is 79.9. The molecule has 3 aromatic rings. The SMILES string of the molecule is O=C1OC(c2cccc(Br)c2)=N/C1=C\c1ccccc1OCc1ccccc1. The second kappa shape index (κ2) is 8.23. The summed E-state index contributed by atoms with van der Waals surface area (Å²) < 4.78 is 12.2. The summed E-state index contributed by atoms with van der Waals surface area (Å²) in [6.45, 7) is 0.442. The maximum atomic E-state index is 12.3. The third-order valence-corrected chi connectivity index (χ3v) is 4.63. The molecule has 0 unspecified atom stereocenters. The zero-order valence-electron chi connectivity index (χ0n) is 14.8. The molecular weight excluding hydrogens is 418 g/mol. The Labute approximate surface area is 171 Å². The van der Waals surface area contributed by atoms with E-state index in [2.05, 4.69) is 20.9 Å². The number of carbonyl (C=O) groups is 1. The number of nitrogens with zero attached hydrogens (tertiary/aromatic N) is 1. The Morgan fingerprint density at radius 2 is 1.75 bits per heavy atom. The minimum absolute atomic E-state index is 0.241. The fourth-order valence-corrected chi connectivity index (χ4v) is 3.17. The van der Waals surface area contributed by atoms with Crippen LogP contribution in [0, 0.1) is 0 Å². The molecule has 4 rings (SSSR count). The van der Waals surface area contributed by atoms with Crippen LogP contribution >= 0.6 is 15.9 Å². The van der Waals surface area contributed by atoms with Crippen molar-refractivity contribution in [2.24, 2.45) is 4.99 Å². The Morgan fingerprint density at radius 1 is 0.964 bits per heavy atom. The van der Waals surface area contributed by atoms with Crippen molar-refractivity contribution >= 4 is 33.9 Å². The number of carbonyl (C=O) groups excluding carboxylic acids is 1. The van der Waals surface area contributed by atoms with Crippen LogP contribution in [-0.4, -0.2) is 11.9 Å². The fraction of sp³-hybridized carbons (Fsp3) is 0.0435. The summed E-state index contributed by atoms with van der Waals surface area (Å²) in [4.78, 5) is 16.6. The molecule has 0 fully saturated rings. The van der Waals surface area contributed by atoms with Gasteiger partial charge in [-0.25, -0.2) is 9.79 Å². The highest BCUT2D eigenvalue weighted by Crippen LogP contribution is 2.26. The van der Waals surface area contributed by atoms with Gasteiger partial charge in [-0.05, 0) is 35.9 Å². The Balaban J connectivity index is 1.59. The van der Waals surface area contributed by atoms with E-state index in [1.54, 1.807) is 6.08 Å². The molecule has 0 atom stereocenters. The molecule has 4 nitrogen and oxygen atoms in total. The van der Waals surface area contributed by atoms with Crippen molar-refractivity contribution in [3.8, 4) is 5.75 Å². The lowest BCUT2D eigenvalue weighted by Crippen LogP contribution is -2.05. The molecular formula is C23H16BrNO3. The van der Waals surface area contributed by atoms with E-state index in [-0.39, 0.29) is 5.70 Å². The molecule has 138 valence electrons. The average molecular weight is 434 g/mol. The van der Waals surface area contributed by atoms with E-state index in [4.69, 9.17) is 9.47 Å². The third kappa shape index (κ3) is 4.21. The van der Waals surface area contributed by atoms with Crippen LogP contribution in [0.5, 0.6) is 5.75 Å². The lowest BCUT2D eigenvalue weighted by molar-refractivity contribution is -0.129. The molecule has 0 saturated heterocycles. The average Bonchev–Trinajstić information content (AvgIpc) is 3.09. The normalized spacial score (nSPS) is 14.7. The first-order chi connectivity index (χ1) is 13.7. The smallest absolute Gasteiger partial charge is 0.363 e. The molecule has 0 aromatic heterocycles. The van der Waals surface area contributed by atoms with Crippen LogP contribution in [0.1, 0.15) is 16.7 Å². The summed E-state index contributed by atoms with van der Waals surface area (Å²) in [5, 5.41) is 0. The van der Waals surface area contributed by atoms with Crippen LogP contribution in [0.4, 0.5) is 0 Å². The molecule has 0 spiro atoms. The summed E-state index contributed by atoms with van der Waals surface area (Å²) >= 11 is 3.41. The summed E-state index contributed by atoms with van der Waals surface area (Å²) in [7, 11) is 0. The van der Waals surface area contributed by atoms with Gasteiger partial charge < -0.3 is 9.47 Å². The number of aliphatic imine (C=N–C) groups is 1. The quantitative estimate of drug-likeness (QED) is 0.401. The second-order valence-corrected chi connectivity index (χ2v) is 7.07. The van der Waals surface area contributed by atoms with E-state index >= 15 is 0 Å². The second-order valence-electron chi connectivity index (χ2n) is 6.16. The van der Waals surface area contributed by atoms with Gasteiger partial charge in [0, 0.05) is 15.6 Å². The lowest BCUT2D eigenvalue weighted by atomic mass is 10.1. The number of cyclic esters (lactones) is 1. The van der Waals surface area contributed by atoms with Crippen molar-refractivity contribution in [1.29, 1.82) is 0 Å². The van der Waals surface area contributed by atoms with Gasteiger partial charge in [0.1, 0.15) is 12.4 Å². The molecule has 1 aliphatic heterocycles. The van der Waals surface area contributed by atoms with E-state index < -0.39 is 5.97 Å². The number of esters is 1. The van der Waals surface area contributed by atoms with Gasteiger partial charge in [-0.15, -0.1) is 0 Å². The van der Waals surface area contributed by atoms with Crippen molar-refractivity contribution in [3.05, 3.63) is 106 Å². The van der Waals surface area contributed by atoms with Gasteiger partial charge in [0.2, 0.25) is 5.90 Å². The molecule has 0 amide bonds. The van der Waals surface area contributed by atoms with Crippen LogP contribution in [0.2, 0.25) is 0 Å². The van der Waals surface area contributed by atoms with Gasteiger partial charge >= 0.3 is 5.97 Å². The molecule has 0 radical (unpaired) electrons. The Hall–Kier alpha value is -3.18. The zero-order chi connectivity index (χ0) is 19.3. The van der Waals surface area contributed by atoms with Crippen molar-refractivity contribution in [2.75, 3.05) is 0 Å². The number of rotatable bonds is 5. The van der Waals surface area contributed by atoms with Crippen molar-refractivity contribution in [3.63, 3.8) is 0 Å². The number of benzene rings is 3. The maximum absolute atomic E-state index is 12.3. The number of halogens is 1. The Morgan fingerprint density at radius 3 is 2.57 bits per heavy atom. The van der Waals surface area contributed by atoms with Crippen molar-refractivity contribution in [2.45, 2.75) is 6.61 Å². The highest BCUT2D eigenvalue weighted by Gasteiger charge is 2.24. The standard InChI is InChI=1S/C23H16BrNO3/c24-19-11-6-10-18(13-19)22-25-20(23(26)28-22)14-17-9-4-5-12-21(17)27-15-16-7-2-1-3-8-16/h1-14H,15H2/b20-14-. The Bertz CT molecular complexity index is 1070. The molecule has 0 saturated carbocycles. The molecule has 1 heterocycles. The highest BCUT2D eigenvalue weighted by molar-refractivity contribution is 9.10. The maximum Gasteiger partial charge on any atom is 0.363 e. The van der Waals surface area contributed by atoms with E-state index in [9.17, 15) is 4.79 Å². The monoisotopic (exact) mass is 433 g/mol. The molecule has 0 aliphatic carbocycles. The van der Waals surface area contributed by atoms with Gasteiger partial charge in [0.25, 0.3) is 0 Å². The van der Waals surface area contributed by atoms with E-state index in [0.29, 0.717) is 18.3 Å². The predicted octanol–water partition coefficient (Wildman–Crippen LogP) is 5.37. The van der Waals surface area contributed by atoms with Crippen LogP contribution in [0.3, 0.4) is 0 Å². The molecule has 3 aromatic carbocycles. The van der Waals surface area contributed by atoms with E-state index in [1.165, 1.54) is 0 Å². The molecule has 0 N–H and O–H groups in total. The van der Waals surface area contributed by atoms with Gasteiger partial charge in [-0.2, -0.15) is 0 Å². The largest absolute Gasteiger partial charge is 0.488 e. The minimum atomic E-state index is -0.479. The van der Waals surface area contributed by atoms with Crippen molar-refractivity contribution < 1.29 is 14.3 Å². The van der Waals surface area contributed by atoms with Crippen LogP contribution in [0.15, 0.2) is 94.0 Å². The van der Waals surface area contributed by atoms with Gasteiger partial charge in [-0.1, -0.05) is 70.5 Å². The molecule has 28 heavy (non-hydrogen) atoms.